The molecule has 1 aromatic heterocycles. The smallest absolute Gasteiger partial charge is 0.449 e. The van der Waals surface area contributed by atoms with Crippen LogP contribution >= 0.6 is 0 Å². The second-order valence-corrected chi connectivity index (χ2v) is 6.00. The molecule has 1 N–H and O–H groups in total. The van der Waals surface area contributed by atoms with Gasteiger partial charge in [-0.15, -0.1) is 0 Å². The molecule has 0 saturated heterocycles. The van der Waals surface area contributed by atoms with Crippen LogP contribution in [0.15, 0.2) is 54.7 Å². The quantitative estimate of drug-likeness (QED) is 0.652. The summed E-state index contributed by atoms with van der Waals surface area (Å²) < 4.78 is 4.75. The van der Waals surface area contributed by atoms with Crippen LogP contribution in [0.1, 0.15) is 16.7 Å². The zero-order valence-electron chi connectivity index (χ0n) is 14.4. The maximum atomic E-state index is 10.8. The summed E-state index contributed by atoms with van der Waals surface area (Å²) in [4.78, 5) is 14.8. The standard InChI is InChI=1S/C21H19NO3/c1-13-6-4-5-7-17(13)18-9-8-16(12-14(18)2)19-10-11-22-20(15(19)3)25-21(23)24/h4-12H,1-3H3,(H,23,24). The minimum Gasteiger partial charge on any atom is -0.449 e. The van der Waals surface area contributed by atoms with Crippen molar-refractivity contribution in [3.05, 3.63) is 71.4 Å². The molecule has 0 amide bonds. The number of hydrogen-bond donors (Lipinski definition) is 1. The van der Waals surface area contributed by atoms with Gasteiger partial charge in [-0.2, -0.15) is 0 Å². The van der Waals surface area contributed by atoms with E-state index in [0.29, 0.717) is 5.56 Å². The van der Waals surface area contributed by atoms with E-state index in [1.165, 1.54) is 16.7 Å². The van der Waals surface area contributed by atoms with Gasteiger partial charge in [-0.1, -0.05) is 42.5 Å². The third-order valence-electron chi connectivity index (χ3n) is 4.31. The summed E-state index contributed by atoms with van der Waals surface area (Å²) in [6.45, 7) is 5.99. The highest BCUT2D eigenvalue weighted by molar-refractivity contribution is 5.77. The Hall–Kier alpha value is -3.14. The van der Waals surface area contributed by atoms with Gasteiger partial charge in [0.05, 0.1) is 0 Å². The van der Waals surface area contributed by atoms with E-state index in [1.807, 2.05) is 31.2 Å². The summed E-state index contributed by atoms with van der Waals surface area (Å²) in [6, 6.07) is 16.4. The Balaban J connectivity index is 2.05. The molecule has 2 aromatic carbocycles. The molecular weight excluding hydrogens is 314 g/mol. The number of pyridine rings is 1. The summed E-state index contributed by atoms with van der Waals surface area (Å²) in [5.41, 5.74) is 7.41. The molecule has 0 unspecified atom stereocenters. The molecule has 0 aliphatic rings. The Labute approximate surface area is 146 Å². The second kappa shape index (κ2) is 6.77. The maximum absolute atomic E-state index is 10.8. The van der Waals surface area contributed by atoms with Gasteiger partial charge in [0.1, 0.15) is 0 Å². The molecule has 4 nitrogen and oxygen atoms in total. The summed E-state index contributed by atoms with van der Waals surface area (Å²) >= 11 is 0. The zero-order valence-corrected chi connectivity index (χ0v) is 14.4. The highest BCUT2D eigenvalue weighted by atomic mass is 16.7. The van der Waals surface area contributed by atoms with E-state index >= 15 is 0 Å². The van der Waals surface area contributed by atoms with Crippen LogP contribution in [-0.2, 0) is 0 Å². The van der Waals surface area contributed by atoms with E-state index in [4.69, 9.17) is 9.84 Å². The molecule has 3 rings (SSSR count). The van der Waals surface area contributed by atoms with Gasteiger partial charge in [0.25, 0.3) is 0 Å². The molecule has 0 aliphatic carbocycles. The van der Waals surface area contributed by atoms with Gasteiger partial charge in [-0.05, 0) is 60.2 Å². The minimum atomic E-state index is -1.36. The average Bonchev–Trinajstić information content (AvgIpc) is 2.57. The van der Waals surface area contributed by atoms with Crippen LogP contribution in [0.5, 0.6) is 5.88 Å². The molecule has 0 aliphatic heterocycles. The Kier molecular flexibility index (Phi) is 4.52. The topological polar surface area (TPSA) is 59.4 Å². The van der Waals surface area contributed by atoms with Crippen LogP contribution in [0.4, 0.5) is 4.79 Å². The number of hydrogen-bond acceptors (Lipinski definition) is 3. The van der Waals surface area contributed by atoms with E-state index in [2.05, 4.69) is 43.1 Å². The van der Waals surface area contributed by atoms with Gasteiger partial charge < -0.3 is 9.84 Å². The third-order valence-corrected chi connectivity index (χ3v) is 4.31. The fourth-order valence-corrected chi connectivity index (χ4v) is 3.02. The lowest BCUT2D eigenvalue weighted by Gasteiger charge is -2.13. The van der Waals surface area contributed by atoms with Crippen LogP contribution in [0.25, 0.3) is 22.3 Å². The van der Waals surface area contributed by atoms with E-state index < -0.39 is 6.16 Å². The van der Waals surface area contributed by atoms with Crippen molar-refractivity contribution >= 4 is 6.16 Å². The van der Waals surface area contributed by atoms with Crippen molar-refractivity contribution in [2.75, 3.05) is 0 Å². The first kappa shape index (κ1) is 16.7. The lowest BCUT2D eigenvalue weighted by molar-refractivity contribution is 0.142. The molecule has 0 radical (unpaired) electrons. The number of aryl methyl sites for hydroxylation is 2. The van der Waals surface area contributed by atoms with Crippen molar-refractivity contribution < 1.29 is 14.6 Å². The Morgan fingerprint density at radius 2 is 1.64 bits per heavy atom. The van der Waals surface area contributed by atoms with Gasteiger partial charge in [0.15, 0.2) is 0 Å². The average molecular weight is 333 g/mol. The first-order valence-electron chi connectivity index (χ1n) is 8.01. The first-order valence-corrected chi connectivity index (χ1v) is 8.01. The van der Waals surface area contributed by atoms with E-state index in [-0.39, 0.29) is 5.88 Å². The summed E-state index contributed by atoms with van der Waals surface area (Å²) in [5.74, 6) is 0.116. The van der Waals surface area contributed by atoms with Crippen LogP contribution < -0.4 is 4.74 Å². The first-order chi connectivity index (χ1) is 12.0. The lowest BCUT2D eigenvalue weighted by atomic mass is 9.93. The maximum Gasteiger partial charge on any atom is 0.512 e. The van der Waals surface area contributed by atoms with Crippen molar-refractivity contribution in [3.63, 3.8) is 0 Å². The molecule has 0 fully saturated rings. The van der Waals surface area contributed by atoms with Crippen molar-refractivity contribution in [1.82, 2.24) is 4.98 Å². The van der Waals surface area contributed by atoms with Gasteiger partial charge in [-0.3, -0.25) is 0 Å². The fraction of sp³-hybridized carbons (Fsp3) is 0.143. The molecule has 0 spiro atoms. The van der Waals surface area contributed by atoms with Crippen LogP contribution in [-0.4, -0.2) is 16.2 Å². The SMILES string of the molecule is Cc1ccccc1-c1ccc(-c2ccnc(OC(=O)O)c2C)cc1C. The Morgan fingerprint density at radius 3 is 2.32 bits per heavy atom. The molecule has 4 heteroatoms. The number of ether oxygens (including phenoxy) is 1. The van der Waals surface area contributed by atoms with Crippen LogP contribution in [0, 0.1) is 20.8 Å². The van der Waals surface area contributed by atoms with Crippen molar-refractivity contribution in [2.24, 2.45) is 0 Å². The van der Waals surface area contributed by atoms with Crippen LogP contribution in [0.2, 0.25) is 0 Å². The van der Waals surface area contributed by atoms with E-state index in [9.17, 15) is 4.79 Å². The largest absolute Gasteiger partial charge is 0.512 e. The molecule has 1 heterocycles. The highest BCUT2D eigenvalue weighted by Crippen LogP contribution is 2.33. The minimum absolute atomic E-state index is 0.116. The molecule has 0 bridgehead atoms. The van der Waals surface area contributed by atoms with Gasteiger partial charge in [0, 0.05) is 11.8 Å². The molecule has 126 valence electrons. The summed E-state index contributed by atoms with van der Waals surface area (Å²) in [6.07, 6.45) is 0.199. The predicted molar refractivity (Wildman–Crippen MR) is 98.0 cm³/mol. The number of carboxylic acid groups (broad SMARTS) is 1. The van der Waals surface area contributed by atoms with Crippen molar-refractivity contribution in [1.29, 1.82) is 0 Å². The highest BCUT2D eigenvalue weighted by Gasteiger charge is 2.13. The van der Waals surface area contributed by atoms with Gasteiger partial charge in [0.2, 0.25) is 5.88 Å². The predicted octanol–water partition coefficient (Wildman–Crippen LogP) is 5.40. The van der Waals surface area contributed by atoms with E-state index in [1.54, 1.807) is 6.20 Å². The molecular formula is C21H19NO3. The number of carbonyl (C=O) groups is 1. The number of rotatable bonds is 3. The van der Waals surface area contributed by atoms with Gasteiger partial charge in [-0.25, -0.2) is 9.78 Å². The lowest BCUT2D eigenvalue weighted by Crippen LogP contribution is -2.06. The normalized spacial score (nSPS) is 10.5. The fourth-order valence-electron chi connectivity index (χ4n) is 3.02. The third kappa shape index (κ3) is 3.38. The molecule has 0 atom stereocenters. The van der Waals surface area contributed by atoms with Gasteiger partial charge >= 0.3 is 6.16 Å². The Bertz CT molecular complexity index is 948. The number of nitrogens with zero attached hydrogens (tertiary/aromatic N) is 1. The molecule has 0 saturated carbocycles. The number of aromatic nitrogens is 1. The van der Waals surface area contributed by atoms with Crippen molar-refractivity contribution in [2.45, 2.75) is 20.8 Å². The second-order valence-electron chi connectivity index (χ2n) is 6.00. The van der Waals surface area contributed by atoms with E-state index in [0.717, 1.165) is 16.7 Å². The summed E-state index contributed by atoms with van der Waals surface area (Å²) in [7, 11) is 0. The zero-order chi connectivity index (χ0) is 18.0. The monoisotopic (exact) mass is 333 g/mol. The Morgan fingerprint density at radius 1 is 0.920 bits per heavy atom. The van der Waals surface area contributed by atoms with Crippen LogP contribution in [0.3, 0.4) is 0 Å². The number of benzene rings is 2. The molecule has 3 aromatic rings. The van der Waals surface area contributed by atoms with Crippen molar-refractivity contribution in [3.8, 4) is 28.1 Å². The summed E-state index contributed by atoms with van der Waals surface area (Å²) in [5, 5.41) is 8.82. The molecule has 25 heavy (non-hydrogen) atoms.